The van der Waals surface area contributed by atoms with Crippen molar-refractivity contribution in [3.05, 3.63) is 5.82 Å². The van der Waals surface area contributed by atoms with Crippen LogP contribution in [-0.2, 0) is 20.3 Å². The van der Waals surface area contributed by atoms with E-state index >= 15 is 0 Å². The molecule has 138 valence electrons. The maximum Gasteiger partial charge on any atom is 0.227 e. The second kappa shape index (κ2) is 9.06. The molecule has 0 aliphatic carbocycles. The van der Waals surface area contributed by atoms with Crippen LogP contribution in [0.15, 0.2) is 0 Å². The van der Waals surface area contributed by atoms with Gasteiger partial charge in [0.15, 0.2) is 0 Å². The molecular formula is C13H24N5O5S-. The molecule has 0 spiro atoms. The molecule has 1 aromatic rings. The Bertz CT molecular complexity index is 618. The van der Waals surface area contributed by atoms with Crippen molar-refractivity contribution in [2.75, 3.05) is 49.3 Å². The van der Waals surface area contributed by atoms with E-state index in [1.165, 1.54) is 0 Å². The zero-order valence-electron chi connectivity index (χ0n) is 14.1. The summed E-state index contributed by atoms with van der Waals surface area (Å²) in [5.41, 5.74) is -0.339. The van der Waals surface area contributed by atoms with E-state index in [0.29, 0.717) is 24.9 Å². The Morgan fingerprint density at radius 3 is 2.17 bits per heavy atom. The number of ether oxygens (including phenoxy) is 1. The first-order chi connectivity index (χ1) is 11.1. The second-order valence-electron chi connectivity index (χ2n) is 6.01. The van der Waals surface area contributed by atoms with Crippen molar-refractivity contribution in [2.24, 2.45) is 0 Å². The summed E-state index contributed by atoms with van der Waals surface area (Å²) in [4.78, 5) is 12.7. The molecule has 0 saturated carbocycles. The van der Waals surface area contributed by atoms with Crippen molar-refractivity contribution >= 4 is 22.0 Å². The lowest BCUT2D eigenvalue weighted by atomic mass is 9.96. The van der Waals surface area contributed by atoms with Crippen LogP contribution in [0.4, 0.5) is 11.9 Å². The molecule has 0 amide bonds. The summed E-state index contributed by atoms with van der Waals surface area (Å²) in [6.45, 7) is 6.72. The van der Waals surface area contributed by atoms with Crippen molar-refractivity contribution < 1.29 is 22.8 Å². The van der Waals surface area contributed by atoms with Gasteiger partial charge in [-0.15, -0.1) is 0 Å². The van der Waals surface area contributed by atoms with Crippen LogP contribution in [0.3, 0.4) is 0 Å². The lowest BCUT2D eigenvalue weighted by molar-refractivity contribution is 0.0991. The fourth-order valence-electron chi connectivity index (χ4n) is 1.56. The van der Waals surface area contributed by atoms with E-state index in [1.807, 2.05) is 20.8 Å². The summed E-state index contributed by atoms with van der Waals surface area (Å²) >= 11 is 0. The van der Waals surface area contributed by atoms with E-state index in [-0.39, 0.29) is 31.1 Å². The Morgan fingerprint density at radius 1 is 1.08 bits per heavy atom. The fourth-order valence-corrected chi connectivity index (χ4v) is 1.91. The molecule has 11 heteroatoms. The highest BCUT2D eigenvalue weighted by Crippen LogP contribution is 2.20. The fraction of sp³-hybridized carbons (Fsp3) is 0.769. The Labute approximate surface area is 141 Å². The Kier molecular flexibility index (Phi) is 7.73. The topological polar surface area (TPSA) is 149 Å². The van der Waals surface area contributed by atoms with Gasteiger partial charge in [0.05, 0.1) is 35.7 Å². The van der Waals surface area contributed by atoms with Crippen LogP contribution in [0.1, 0.15) is 26.6 Å². The molecule has 3 N–H and O–H groups in total. The number of aromatic nitrogens is 3. The molecule has 1 aromatic heterocycles. The van der Waals surface area contributed by atoms with E-state index in [4.69, 9.17) is 9.84 Å². The third-order valence-electron chi connectivity index (χ3n) is 2.71. The van der Waals surface area contributed by atoms with Crippen LogP contribution < -0.4 is 10.6 Å². The lowest BCUT2D eigenvalue weighted by Gasteiger charge is -2.18. The molecule has 0 fully saturated rings. The van der Waals surface area contributed by atoms with Crippen molar-refractivity contribution in [1.29, 1.82) is 0 Å². The number of hydrogen-bond acceptors (Lipinski definition) is 10. The van der Waals surface area contributed by atoms with Gasteiger partial charge >= 0.3 is 0 Å². The summed E-state index contributed by atoms with van der Waals surface area (Å²) in [5.74, 6) is 0.470. The highest BCUT2D eigenvalue weighted by molar-refractivity contribution is 7.85. The summed E-state index contributed by atoms with van der Waals surface area (Å²) < 4.78 is 37.1. The average molecular weight is 362 g/mol. The summed E-state index contributed by atoms with van der Waals surface area (Å²) in [7, 11) is -4.30. The van der Waals surface area contributed by atoms with Crippen LogP contribution >= 0.6 is 0 Å². The number of nitrogens with one attached hydrogen (secondary N) is 2. The van der Waals surface area contributed by atoms with Crippen molar-refractivity contribution in [2.45, 2.75) is 26.2 Å². The Morgan fingerprint density at radius 2 is 1.67 bits per heavy atom. The number of hydrogen-bond donors (Lipinski definition) is 3. The van der Waals surface area contributed by atoms with Gasteiger partial charge in [0.25, 0.3) is 0 Å². The van der Waals surface area contributed by atoms with Crippen LogP contribution in [-0.4, -0.2) is 71.7 Å². The zero-order valence-corrected chi connectivity index (χ0v) is 14.9. The third kappa shape index (κ3) is 8.34. The molecule has 10 nitrogen and oxygen atoms in total. The van der Waals surface area contributed by atoms with Gasteiger partial charge in [-0.1, -0.05) is 20.8 Å². The number of aliphatic hydroxyl groups excluding tert-OH is 1. The quantitative estimate of drug-likeness (QED) is 0.369. The third-order valence-corrected chi connectivity index (χ3v) is 3.41. The smallest absolute Gasteiger partial charge is 0.227 e. The van der Waals surface area contributed by atoms with E-state index in [0.717, 1.165) is 0 Å². The molecule has 0 radical (unpaired) electrons. The average Bonchev–Trinajstić information content (AvgIpc) is 2.44. The van der Waals surface area contributed by atoms with Gasteiger partial charge < -0.3 is 25.0 Å². The second-order valence-corrected chi connectivity index (χ2v) is 7.53. The van der Waals surface area contributed by atoms with Crippen molar-refractivity contribution in [3.63, 3.8) is 0 Å². The summed E-state index contributed by atoms with van der Waals surface area (Å²) in [6, 6.07) is 0. The lowest BCUT2D eigenvalue weighted by Crippen LogP contribution is -2.22. The minimum Gasteiger partial charge on any atom is -0.748 e. The molecule has 1 rings (SSSR count). The largest absolute Gasteiger partial charge is 0.748 e. The Balaban J connectivity index is 2.76. The van der Waals surface area contributed by atoms with Gasteiger partial charge in [0.2, 0.25) is 11.9 Å². The van der Waals surface area contributed by atoms with Crippen LogP contribution in [0.2, 0.25) is 0 Å². The first-order valence-electron chi connectivity index (χ1n) is 7.48. The van der Waals surface area contributed by atoms with Gasteiger partial charge in [-0.25, -0.2) is 8.42 Å². The van der Waals surface area contributed by atoms with Gasteiger partial charge in [0, 0.05) is 18.5 Å². The zero-order chi connectivity index (χ0) is 18.2. The molecule has 1 heterocycles. The molecule has 0 aliphatic rings. The SMILES string of the molecule is CC(C)(C)c1nc(NCCOCCO)nc(NCCS(=O)(=O)[O-])n1. The summed E-state index contributed by atoms with van der Waals surface area (Å²) in [5, 5.41) is 14.3. The van der Waals surface area contributed by atoms with Gasteiger partial charge in [-0.3, -0.25) is 0 Å². The number of aliphatic hydroxyl groups is 1. The highest BCUT2D eigenvalue weighted by Gasteiger charge is 2.20. The molecular weight excluding hydrogens is 338 g/mol. The van der Waals surface area contributed by atoms with E-state index in [9.17, 15) is 13.0 Å². The molecule has 0 aliphatic heterocycles. The van der Waals surface area contributed by atoms with Crippen LogP contribution in [0.5, 0.6) is 0 Å². The predicted molar refractivity (Wildman–Crippen MR) is 88.0 cm³/mol. The number of rotatable bonds is 10. The maximum absolute atomic E-state index is 10.6. The van der Waals surface area contributed by atoms with Gasteiger partial charge in [-0.05, 0) is 0 Å². The minimum absolute atomic E-state index is 0.0450. The number of anilines is 2. The number of nitrogens with zero attached hydrogens (tertiary/aromatic N) is 3. The van der Waals surface area contributed by atoms with E-state index < -0.39 is 15.9 Å². The normalized spacial score (nSPS) is 12.2. The molecule has 0 bridgehead atoms. The predicted octanol–water partition coefficient (Wildman–Crippen LogP) is -0.453. The maximum atomic E-state index is 10.6. The Hall–Kier alpha value is -1.56. The molecule has 0 atom stereocenters. The van der Waals surface area contributed by atoms with Crippen LogP contribution in [0.25, 0.3) is 0 Å². The minimum atomic E-state index is -4.30. The molecule has 0 saturated heterocycles. The van der Waals surface area contributed by atoms with Crippen LogP contribution in [0, 0.1) is 0 Å². The molecule has 0 aromatic carbocycles. The highest BCUT2D eigenvalue weighted by atomic mass is 32.2. The van der Waals surface area contributed by atoms with Gasteiger partial charge in [0.1, 0.15) is 5.82 Å². The first-order valence-corrected chi connectivity index (χ1v) is 9.06. The monoisotopic (exact) mass is 362 g/mol. The van der Waals surface area contributed by atoms with E-state index in [2.05, 4.69) is 25.6 Å². The molecule has 24 heavy (non-hydrogen) atoms. The molecule has 0 unspecified atom stereocenters. The van der Waals surface area contributed by atoms with Gasteiger partial charge in [-0.2, -0.15) is 15.0 Å². The van der Waals surface area contributed by atoms with E-state index in [1.54, 1.807) is 0 Å². The first kappa shape index (κ1) is 20.5. The van der Waals surface area contributed by atoms with Crippen molar-refractivity contribution in [3.8, 4) is 0 Å². The standard InChI is InChI=1S/C13H25N5O5S/c1-13(2,3)10-16-11(14-4-7-23-8-6-19)18-12(17-10)15-5-9-24(20,21)22/h19H,4-9H2,1-3H3,(H,20,21,22)(H2,14,15,16,17,18)/p-1. The van der Waals surface area contributed by atoms with Crippen molar-refractivity contribution in [1.82, 2.24) is 15.0 Å². The summed E-state index contributed by atoms with van der Waals surface area (Å²) in [6.07, 6.45) is 0.